The van der Waals surface area contributed by atoms with E-state index in [1.807, 2.05) is 31.2 Å². The number of rotatable bonds is 3. The van der Waals surface area contributed by atoms with E-state index in [0.29, 0.717) is 19.6 Å². The molecule has 0 bridgehead atoms. The van der Waals surface area contributed by atoms with E-state index in [1.54, 1.807) is 10.9 Å². The van der Waals surface area contributed by atoms with Gasteiger partial charge >= 0.3 is 0 Å². The Bertz CT molecular complexity index is 709. The van der Waals surface area contributed by atoms with Gasteiger partial charge in [-0.25, -0.2) is 4.68 Å². The number of aryl methyl sites for hydroxylation is 1. The molecule has 0 unspecified atom stereocenters. The number of hydrogen-bond acceptors (Lipinski definition) is 4. The first kappa shape index (κ1) is 14.2. The predicted octanol–water partition coefficient (Wildman–Crippen LogP) is 0.207. The van der Waals surface area contributed by atoms with Crippen LogP contribution in [-0.4, -0.2) is 51.3 Å². The first-order chi connectivity index (χ1) is 10.6. The van der Waals surface area contributed by atoms with Gasteiger partial charge in [0.1, 0.15) is 0 Å². The molecule has 0 atom stereocenters. The molecule has 0 spiro atoms. The first-order valence-electron chi connectivity index (χ1n) is 7.14. The van der Waals surface area contributed by atoms with Crippen molar-refractivity contribution in [3.63, 3.8) is 0 Å². The molecule has 1 fully saturated rings. The molecule has 1 saturated heterocycles. The number of hydrogen-bond donors (Lipinski definition) is 1. The van der Waals surface area contributed by atoms with Crippen LogP contribution in [-0.2, 0) is 11.3 Å². The lowest BCUT2D eigenvalue weighted by molar-refractivity contribution is -0.123. The molecule has 0 radical (unpaired) electrons. The average molecular weight is 299 g/mol. The molecule has 7 heteroatoms. The Balaban J connectivity index is 1.72. The number of carbonyl (C=O) groups excluding carboxylic acids is 2. The summed E-state index contributed by atoms with van der Waals surface area (Å²) in [5.41, 5.74) is 2.56. The van der Waals surface area contributed by atoms with Gasteiger partial charge in [-0.05, 0) is 18.1 Å². The SMILES string of the molecule is Cc1ccccc1Cn1cc(C(=O)N2CCNC(=O)C2)nn1. The fourth-order valence-electron chi connectivity index (χ4n) is 2.41. The first-order valence-corrected chi connectivity index (χ1v) is 7.14. The predicted molar refractivity (Wildman–Crippen MR) is 79.2 cm³/mol. The lowest BCUT2D eigenvalue weighted by atomic mass is 10.1. The normalized spacial score (nSPS) is 14.8. The zero-order valence-electron chi connectivity index (χ0n) is 12.3. The molecule has 1 aliphatic heterocycles. The second-order valence-electron chi connectivity index (χ2n) is 5.30. The zero-order chi connectivity index (χ0) is 15.5. The standard InChI is InChI=1S/C15H17N5O2/c1-11-4-2-3-5-12(11)8-20-9-13(17-18-20)15(22)19-7-6-16-14(21)10-19/h2-5,9H,6-8,10H2,1H3,(H,16,21). The summed E-state index contributed by atoms with van der Waals surface area (Å²) in [6.45, 7) is 3.64. The molecule has 1 N–H and O–H groups in total. The van der Waals surface area contributed by atoms with Crippen molar-refractivity contribution in [3.8, 4) is 0 Å². The Morgan fingerprint density at radius 3 is 2.95 bits per heavy atom. The molecule has 2 aromatic rings. The van der Waals surface area contributed by atoms with Gasteiger partial charge in [-0.3, -0.25) is 9.59 Å². The molecular formula is C15H17N5O2. The summed E-state index contributed by atoms with van der Waals surface area (Å²) in [6, 6.07) is 8.01. The Hall–Kier alpha value is -2.70. The number of aromatic nitrogens is 3. The van der Waals surface area contributed by atoms with Gasteiger partial charge in [0.05, 0.1) is 19.3 Å². The Labute approximate surface area is 127 Å². The summed E-state index contributed by atoms with van der Waals surface area (Å²) >= 11 is 0. The third-order valence-electron chi connectivity index (χ3n) is 3.68. The van der Waals surface area contributed by atoms with Gasteiger partial charge in [-0.15, -0.1) is 5.10 Å². The van der Waals surface area contributed by atoms with Gasteiger partial charge in [-0.1, -0.05) is 29.5 Å². The molecule has 1 aromatic carbocycles. The van der Waals surface area contributed by atoms with E-state index in [1.165, 1.54) is 10.5 Å². The average Bonchev–Trinajstić information content (AvgIpc) is 2.97. The maximum Gasteiger partial charge on any atom is 0.276 e. The molecule has 7 nitrogen and oxygen atoms in total. The van der Waals surface area contributed by atoms with Crippen molar-refractivity contribution >= 4 is 11.8 Å². The van der Waals surface area contributed by atoms with E-state index in [-0.39, 0.29) is 24.1 Å². The highest BCUT2D eigenvalue weighted by atomic mass is 16.2. The van der Waals surface area contributed by atoms with E-state index >= 15 is 0 Å². The Morgan fingerprint density at radius 2 is 2.18 bits per heavy atom. The van der Waals surface area contributed by atoms with E-state index in [2.05, 4.69) is 15.6 Å². The topological polar surface area (TPSA) is 80.1 Å². The van der Waals surface area contributed by atoms with Gasteiger partial charge in [0.2, 0.25) is 5.91 Å². The minimum absolute atomic E-state index is 0.0729. The lowest BCUT2D eigenvalue weighted by Crippen LogP contribution is -2.50. The van der Waals surface area contributed by atoms with E-state index < -0.39 is 0 Å². The molecule has 3 rings (SSSR count). The van der Waals surface area contributed by atoms with Crippen LogP contribution in [0, 0.1) is 6.92 Å². The van der Waals surface area contributed by atoms with Crippen LogP contribution in [0.4, 0.5) is 0 Å². The van der Waals surface area contributed by atoms with Gasteiger partial charge < -0.3 is 10.2 Å². The van der Waals surface area contributed by atoms with Crippen molar-refractivity contribution in [2.45, 2.75) is 13.5 Å². The van der Waals surface area contributed by atoms with Crippen molar-refractivity contribution in [2.75, 3.05) is 19.6 Å². The van der Waals surface area contributed by atoms with Crippen LogP contribution in [0.15, 0.2) is 30.5 Å². The van der Waals surface area contributed by atoms with Crippen molar-refractivity contribution in [2.24, 2.45) is 0 Å². The smallest absolute Gasteiger partial charge is 0.276 e. The maximum absolute atomic E-state index is 12.3. The van der Waals surface area contributed by atoms with E-state index in [9.17, 15) is 9.59 Å². The van der Waals surface area contributed by atoms with Crippen LogP contribution in [0.1, 0.15) is 21.6 Å². The van der Waals surface area contributed by atoms with Crippen molar-refractivity contribution in [1.29, 1.82) is 0 Å². The highest BCUT2D eigenvalue weighted by Gasteiger charge is 2.24. The minimum atomic E-state index is -0.258. The third-order valence-corrected chi connectivity index (χ3v) is 3.68. The summed E-state index contributed by atoms with van der Waals surface area (Å²) in [7, 11) is 0. The van der Waals surface area contributed by atoms with Crippen LogP contribution >= 0.6 is 0 Å². The summed E-state index contributed by atoms with van der Waals surface area (Å²) < 4.78 is 1.64. The van der Waals surface area contributed by atoms with Crippen LogP contribution in [0.2, 0.25) is 0 Å². The van der Waals surface area contributed by atoms with Crippen molar-refractivity contribution < 1.29 is 9.59 Å². The number of piperazine rings is 1. The maximum atomic E-state index is 12.3. The fraction of sp³-hybridized carbons (Fsp3) is 0.333. The summed E-state index contributed by atoms with van der Waals surface area (Å²) in [5, 5.41) is 10.6. The number of amides is 2. The largest absolute Gasteiger partial charge is 0.353 e. The highest BCUT2D eigenvalue weighted by molar-refractivity contribution is 5.95. The van der Waals surface area contributed by atoms with Crippen molar-refractivity contribution in [3.05, 3.63) is 47.3 Å². The number of nitrogens with zero attached hydrogens (tertiary/aromatic N) is 4. The van der Waals surface area contributed by atoms with Gasteiger partial charge in [0.25, 0.3) is 5.91 Å². The second kappa shape index (κ2) is 5.97. The highest BCUT2D eigenvalue weighted by Crippen LogP contribution is 2.09. The minimum Gasteiger partial charge on any atom is -0.353 e. The van der Waals surface area contributed by atoms with Gasteiger partial charge in [0.15, 0.2) is 5.69 Å². The number of nitrogens with one attached hydrogen (secondary N) is 1. The quantitative estimate of drug-likeness (QED) is 0.878. The van der Waals surface area contributed by atoms with E-state index in [4.69, 9.17) is 0 Å². The fourth-order valence-corrected chi connectivity index (χ4v) is 2.41. The van der Waals surface area contributed by atoms with Crippen LogP contribution < -0.4 is 5.32 Å². The summed E-state index contributed by atoms with van der Waals surface area (Å²) in [6.07, 6.45) is 1.63. The van der Waals surface area contributed by atoms with Crippen LogP contribution in [0.25, 0.3) is 0 Å². The third kappa shape index (κ3) is 2.98. The Kier molecular flexibility index (Phi) is 3.86. The molecule has 22 heavy (non-hydrogen) atoms. The van der Waals surface area contributed by atoms with Crippen molar-refractivity contribution in [1.82, 2.24) is 25.2 Å². The molecule has 114 valence electrons. The molecule has 2 amide bonds. The Morgan fingerprint density at radius 1 is 1.36 bits per heavy atom. The monoisotopic (exact) mass is 299 g/mol. The molecule has 2 heterocycles. The molecular weight excluding hydrogens is 282 g/mol. The molecule has 0 aliphatic carbocycles. The van der Waals surface area contributed by atoms with Gasteiger partial charge in [0, 0.05) is 13.1 Å². The molecule has 1 aromatic heterocycles. The van der Waals surface area contributed by atoms with E-state index in [0.717, 1.165) is 5.56 Å². The number of carbonyl (C=O) groups is 2. The molecule has 1 aliphatic rings. The van der Waals surface area contributed by atoms with Crippen LogP contribution in [0.3, 0.4) is 0 Å². The zero-order valence-corrected chi connectivity index (χ0v) is 12.3. The van der Waals surface area contributed by atoms with Crippen LogP contribution in [0.5, 0.6) is 0 Å². The molecule has 0 saturated carbocycles. The summed E-state index contributed by atoms with van der Waals surface area (Å²) in [5.74, 6) is -0.405. The lowest BCUT2D eigenvalue weighted by Gasteiger charge is -2.25. The summed E-state index contributed by atoms with van der Waals surface area (Å²) in [4.78, 5) is 25.1. The number of benzene rings is 1. The second-order valence-corrected chi connectivity index (χ2v) is 5.30. The van der Waals surface area contributed by atoms with Gasteiger partial charge in [-0.2, -0.15) is 0 Å².